The van der Waals surface area contributed by atoms with Crippen molar-refractivity contribution in [3.05, 3.63) is 48.1 Å². The predicted molar refractivity (Wildman–Crippen MR) is 73.3 cm³/mol. The van der Waals surface area contributed by atoms with Crippen LogP contribution < -0.4 is 0 Å². The second-order valence-electron chi connectivity index (χ2n) is 5.38. The Kier molecular flexibility index (Phi) is 4.47. The van der Waals surface area contributed by atoms with Crippen LogP contribution in [0.2, 0.25) is 0 Å². The monoisotopic (exact) mass is 279 g/mol. The van der Waals surface area contributed by atoms with Crippen LogP contribution in [-0.4, -0.2) is 14.8 Å². The van der Waals surface area contributed by atoms with Crippen LogP contribution in [0.1, 0.15) is 38.7 Å². The number of benzene rings is 1. The molecule has 1 unspecified atom stereocenters. The lowest BCUT2D eigenvalue weighted by Gasteiger charge is -2.30. The minimum absolute atomic E-state index is 0.429. The molecule has 0 fully saturated rings. The van der Waals surface area contributed by atoms with Crippen LogP contribution in [0.25, 0.3) is 0 Å². The number of hydrogen-bond donors (Lipinski definition) is 0. The van der Waals surface area contributed by atoms with Gasteiger partial charge in [0.05, 0.1) is 6.54 Å². The van der Waals surface area contributed by atoms with Crippen LogP contribution in [0.4, 0.5) is 8.78 Å². The molecule has 0 saturated carbocycles. The number of rotatable bonds is 6. The largest absolute Gasteiger partial charge is 0.252 e. The van der Waals surface area contributed by atoms with Crippen LogP contribution in [0, 0.1) is 11.6 Å². The van der Waals surface area contributed by atoms with Crippen molar-refractivity contribution in [2.45, 2.75) is 45.1 Å². The van der Waals surface area contributed by atoms with Crippen molar-refractivity contribution in [3.63, 3.8) is 0 Å². The highest BCUT2D eigenvalue weighted by Crippen LogP contribution is 2.33. The minimum Gasteiger partial charge on any atom is -0.252 e. The third kappa shape index (κ3) is 3.21. The fourth-order valence-electron chi connectivity index (χ4n) is 2.52. The fraction of sp³-hybridized carbons (Fsp3) is 0.467. The standard InChI is InChI=1S/C15H19F2N3/c1-3-4-7-15(2,9-20-11-18-10-19-20)13-6-5-12(16)8-14(13)17/h5-6,8,10-11H,3-4,7,9H2,1-2H3. The van der Waals surface area contributed by atoms with E-state index in [0.717, 1.165) is 25.3 Å². The number of hydrogen-bond acceptors (Lipinski definition) is 2. The van der Waals surface area contributed by atoms with Crippen molar-refractivity contribution in [2.24, 2.45) is 0 Å². The van der Waals surface area contributed by atoms with E-state index in [0.29, 0.717) is 12.1 Å². The first-order valence-corrected chi connectivity index (χ1v) is 6.83. The Labute approximate surface area is 117 Å². The van der Waals surface area contributed by atoms with Crippen molar-refractivity contribution in [2.75, 3.05) is 0 Å². The molecule has 1 atom stereocenters. The van der Waals surface area contributed by atoms with Gasteiger partial charge in [-0.3, -0.25) is 4.68 Å². The highest BCUT2D eigenvalue weighted by atomic mass is 19.1. The SMILES string of the molecule is CCCCC(C)(Cn1cncn1)c1ccc(F)cc1F. The van der Waals surface area contributed by atoms with E-state index in [9.17, 15) is 8.78 Å². The normalized spacial score (nSPS) is 14.2. The van der Waals surface area contributed by atoms with E-state index in [1.165, 1.54) is 18.5 Å². The number of nitrogens with zero attached hydrogens (tertiary/aromatic N) is 3. The number of unbranched alkanes of at least 4 members (excludes halogenated alkanes) is 1. The minimum atomic E-state index is -0.551. The van der Waals surface area contributed by atoms with Gasteiger partial charge in [-0.2, -0.15) is 5.10 Å². The van der Waals surface area contributed by atoms with Gasteiger partial charge in [-0.15, -0.1) is 0 Å². The Hall–Kier alpha value is -1.78. The summed E-state index contributed by atoms with van der Waals surface area (Å²) in [5.41, 5.74) is 0.101. The predicted octanol–water partition coefficient (Wildman–Crippen LogP) is 3.70. The maximum absolute atomic E-state index is 14.1. The molecule has 1 heterocycles. The average Bonchev–Trinajstić information content (AvgIpc) is 2.88. The quantitative estimate of drug-likeness (QED) is 0.807. The average molecular weight is 279 g/mol. The first-order chi connectivity index (χ1) is 9.55. The molecular formula is C15H19F2N3. The van der Waals surface area contributed by atoms with Gasteiger partial charge in [0.25, 0.3) is 0 Å². The van der Waals surface area contributed by atoms with E-state index in [2.05, 4.69) is 17.0 Å². The molecule has 0 saturated heterocycles. The topological polar surface area (TPSA) is 30.7 Å². The van der Waals surface area contributed by atoms with Crippen LogP contribution in [0.5, 0.6) is 0 Å². The molecule has 2 rings (SSSR count). The molecular weight excluding hydrogens is 260 g/mol. The molecule has 0 bridgehead atoms. The summed E-state index contributed by atoms with van der Waals surface area (Å²) >= 11 is 0. The zero-order valence-corrected chi connectivity index (χ0v) is 11.8. The van der Waals surface area contributed by atoms with Gasteiger partial charge in [0.1, 0.15) is 24.3 Å². The highest BCUT2D eigenvalue weighted by molar-refractivity contribution is 5.27. The van der Waals surface area contributed by atoms with Crippen molar-refractivity contribution < 1.29 is 8.78 Å². The van der Waals surface area contributed by atoms with Gasteiger partial charge in [0.15, 0.2) is 0 Å². The first-order valence-electron chi connectivity index (χ1n) is 6.83. The van der Waals surface area contributed by atoms with Crippen LogP contribution in [0.3, 0.4) is 0 Å². The second-order valence-corrected chi connectivity index (χ2v) is 5.38. The molecule has 0 aliphatic heterocycles. The molecule has 0 amide bonds. The molecule has 5 heteroatoms. The molecule has 1 aromatic carbocycles. The third-order valence-electron chi connectivity index (χ3n) is 3.64. The molecule has 0 aliphatic carbocycles. The summed E-state index contributed by atoms with van der Waals surface area (Å²) in [6, 6.07) is 3.79. The smallest absolute Gasteiger partial charge is 0.137 e. The third-order valence-corrected chi connectivity index (χ3v) is 3.64. The maximum Gasteiger partial charge on any atom is 0.137 e. The molecule has 20 heavy (non-hydrogen) atoms. The van der Waals surface area contributed by atoms with Gasteiger partial charge in [-0.05, 0) is 18.1 Å². The molecule has 0 aliphatic rings. The van der Waals surface area contributed by atoms with Gasteiger partial charge in [0, 0.05) is 11.5 Å². The molecule has 0 radical (unpaired) electrons. The van der Waals surface area contributed by atoms with Crippen LogP contribution in [0.15, 0.2) is 30.9 Å². The molecule has 2 aromatic rings. The van der Waals surface area contributed by atoms with E-state index in [1.807, 2.05) is 6.92 Å². The van der Waals surface area contributed by atoms with Crippen molar-refractivity contribution in [3.8, 4) is 0 Å². The maximum atomic E-state index is 14.1. The molecule has 3 nitrogen and oxygen atoms in total. The molecule has 1 aromatic heterocycles. The summed E-state index contributed by atoms with van der Waals surface area (Å²) in [6.07, 6.45) is 5.89. The molecule has 108 valence electrons. The highest BCUT2D eigenvalue weighted by Gasteiger charge is 2.30. The first kappa shape index (κ1) is 14.6. The Morgan fingerprint density at radius 1 is 1.30 bits per heavy atom. The lowest BCUT2D eigenvalue weighted by molar-refractivity contribution is 0.328. The number of halogens is 2. The summed E-state index contributed by atoms with van der Waals surface area (Å²) in [5, 5.41) is 4.09. The Bertz CT molecular complexity index is 554. The van der Waals surface area contributed by atoms with Crippen molar-refractivity contribution >= 4 is 0 Å². The van der Waals surface area contributed by atoms with E-state index in [4.69, 9.17) is 0 Å². The Morgan fingerprint density at radius 3 is 2.70 bits per heavy atom. The zero-order chi connectivity index (χ0) is 14.6. The summed E-state index contributed by atoms with van der Waals surface area (Å²) in [5.74, 6) is -1.05. The van der Waals surface area contributed by atoms with Crippen molar-refractivity contribution in [1.82, 2.24) is 14.8 Å². The molecule has 0 spiro atoms. The van der Waals surface area contributed by atoms with E-state index < -0.39 is 17.0 Å². The van der Waals surface area contributed by atoms with E-state index in [-0.39, 0.29) is 0 Å². The molecule has 0 N–H and O–H groups in total. The van der Waals surface area contributed by atoms with Crippen LogP contribution >= 0.6 is 0 Å². The second kappa shape index (κ2) is 6.11. The Balaban J connectivity index is 2.34. The van der Waals surface area contributed by atoms with Gasteiger partial charge in [0.2, 0.25) is 0 Å². The van der Waals surface area contributed by atoms with E-state index >= 15 is 0 Å². The van der Waals surface area contributed by atoms with Gasteiger partial charge in [-0.25, -0.2) is 13.8 Å². The fourth-order valence-corrected chi connectivity index (χ4v) is 2.52. The lowest BCUT2D eigenvalue weighted by atomic mass is 9.77. The van der Waals surface area contributed by atoms with Gasteiger partial charge >= 0.3 is 0 Å². The summed E-state index contributed by atoms with van der Waals surface area (Å²) in [6.45, 7) is 4.60. The zero-order valence-electron chi connectivity index (χ0n) is 11.8. The summed E-state index contributed by atoms with van der Waals surface area (Å²) < 4.78 is 28.9. The van der Waals surface area contributed by atoms with Crippen molar-refractivity contribution in [1.29, 1.82) is 0 Å². The summed E-state index contributed by atoms with van der Waals surface area (Å²) in [4.78, 5) is 3.91. The number of aromatic nitrogens is 3. The Morgan fingerprint density at radius 2 is 2.10 bits per heavy atom. The lowest BCUT2D eigenvalue weighted by Crippen LogP contribution is -2.30. The van der Waals surface area contributed by atoms with Crippen LogP contribution in [-0.2, 0) is 12.0 Å². The van der Waals surface area contributed by atoms with E-state index in [1.54, 1.807) is 11.0 Å². The summed E-state index contributed by atoms with van der Waals surface area (Å²) in [7, 11) is 0. The van der Waals surface area contributed by atoms with Gasteiger partial charge in [-0.1, -0.05) is 32.8 Å². The van der Waals surface area contributed by atoms with Gasteiger partial charge < -0.3 is 0 Å².